The maximum atomic E-state index is 13.4. The van der Waals surface area contributed by atoms with Crippen molar-refractivity contribution in [1.29, 1.82) is 0 Å². The van der Waals surface area contributed by atoms with E-state index in [1.165, 1.54) is 16.8 Å². The van der Waals surface area contributed by atoms with E-state index in [1.54, 1.807) is 36.8 Å². The van der Waals surface area contributed by atoms with Crippen LogP contribution in [0.2, 0.25) is 0 Å². The number of nitrogens with zero attached hydrogens (tertiary/aromatic N) is 6. The maximum absolute atomic E-state index is 13.4. The Balaban J connectivity index is 1.14. The number of fused-ring (bicyclic) bond motifs is 1. The molecule has 1 aliphatic heterocycles. The molecule has 188 valence electrons. The Morgan fingerprint density at radius 2 is 1.78 bits per heavy atom. The van der Waals surface area contributed by atoms with E-state index in [2.05, 4.69) is 28.9 Å². The average Bonchev–Trinajstić information content (AvgIpc) is 3.23. The van der Waals surface area contributed by atoms with Crippen molar-refractivity contribution in [2.24, 2.45) is 11.8 Å². The zero-order chi connectivity index (χ0) is 25.7. The third-order valence-electron chi connectivity index (χ3n) is 7.18. The minimum absolute atomic E-state index is 0.0292. The Hall–Kier alpha value is -4.14. The van der Waals surface area contributed by atoms with Gasteiger partial charge >= 0.3 is 0 Å². The first kappa shape index (κ1) is 23.3. The van der Waals surface area contributed by atoms with Gasteiger partial charge in [-0.1, -0.05) is 13.8 Å². The number of benzene rings is 1. The van der Waals surface area contributed by atoms with E-state index in [9.17, 15) is 9.18 Å². The van der Waals surface area contributed by atoms with Crippen LogP contribution in [-0.4, -0.2) is 54.7 Å². The van der Waals surface area contributed by atoms with Crippen LogP contribution in [0.3, 0.4) is 0 Å². The Bertz CT molecular complexity index is 1440. The van der Waals surface area contributed by atoms with Crippen molar-refractivity contribution < 1.29 is 13.9 Å². The van der Waals surface area contributed by atoms with Gasteiger partial charge < -0.3 is 9.64 Å². The quantitative estimate of drug-likeness (QED) is 0.391. The molecule has 8 nitrogen and oxygen atoms in total. The molecule has 9 heteroatoms. The molecule has 1 amide bonds. The van der Waals surface area contributed by atoms with Gasteiger partial charge in [0.1, 0.15) is 11.9 Å². The molecule has 4 heterocycles. The minimum Gasteiger partial charge on any atom is -0.474 e. The van der Waals surface area contributed by atoms with Crippen molar-refractivity contribution in [3.63, 3.8) is 0 Å². The standard InChI is InChI=1S/C28H27FN6O2/c1-16(2)19-11-24(18-5-7-20(29)8-6-18)32-25(12-19)37-26-22-13-34(14-23(22)26)27(36)21-15-35(33-17(21)3)28-30-9-4-10-31-28/h4-12,15-16,22-23,26H,13-14H2,1-3H3/t22-,23?,26+/m1/s1. The number of rotatable bonds is 6. The second-order valence-corrected chi connectivity index (χ2v) is 10.0. The summed E-state index contributed by atoms with van der Waals surface area (Å²) < 4.78 is 21.3. The van der Waals surface area contributed by atoms with Crippen molar-refractivity contribution in [2.45, 2.75) is 32.8 Å². The van der Waals surface area contributed by atoms with Gasteiger partial charge in [0, 0.05) is 55.1 Å². The highest BCUT2D eigenvalue weighted by Gasteiger charge is 2.59. The monoisotopic (exact) mass is 498 g/mol. The molecule has 1 unspecified atom stereocenters. The van der Waals surface area contributed by atoms with Crippen molar-refractivity contribution in [3.05, 3.63) is 83.7 Å². The molecule has 0 spiro atoms. The van der Waals surface area contributed by atoms with Crippen LogP contribution >= 0.6 is 0 Å². The zero-order valence-electron chi connectivity index (χ0n) is 20.9. The molecule has 3 atom stereocenters. The van der Waals surface area contributed by atoms with Crippen LogP contribution in [0, 0.1) is 24.6 Å². The molecule has 2 aliphatic rings. The van der Waals surface area contributed by atoms with Crippen molar-refractivity contribution in [1.82, 2.24) is 29.6 Å². The molecule has 1 saturated heterocycles. The summed E-state index contributed by atoms with van der Waals surface area (Å²) in [6, 6.07) is 12.1. The number of piperidine rings is 1. The summed E-state index contributed by atoms with van der Waals surface area (Å²) in [6.07, 6.45) is 5.01. The Morgan fingerprint density at radius 1 is 1.08 bits per heavy atom. The number of pyridine rings is 1. The fourth-order valence-electron chi connectivity index (χ4n) is 4.99. The molecule has 1 saturated carbocycles. The average molecular weight is 499 g/mol. The molecule has 3 aromatic heterocycles. The van der Waals surface area contributed by atoms with Gasteiger partial charge in [-0.15, -0.1) is 0 Å². The second kappa shape index (κ2) is 9.06. The number of aromatic nitrogens is 5. The van der Waals surface area contributed by atoms with E-state index in [0.29, 0.717) is 42.1 Å². The number of hydrogen-bond donors (Lipinski definition) is 0. The lowest BCUT2D eigenvalue weighted by Gasteiger charge is -2.20. The van der Waals surface area contributed by atoms with E-state index in [-0.39, 0.29) is 29.7 Å². The predicted octanol–water partition coefficient (Wildman–Crippen LogP) is 4.44. The maximum Gasteiger partial charge on any atom is 0.257 e. The van der Waals surface area contributed by atoms with Gasteiger partial charge in [-0.2, -0.15) is 5.10 Å². The summed E-state index contributed by atoms with van der Waals surface area (Å²) >= 11 is 0. The van der Waals surface area contributed by atoms with E-state index in [4.69, 9.17) is 9.72 Å². The van der Waals surface area contributed by atoms with Crippen LogP contribution in [0.25, 0.3) is 17.2 Å². The molecule has 1 aliphatic carbocycles. The Labute approximate surface area is 214 Å². The van der Waals surface area contributed by atoms with Crippen LogP contribution in [0.15, 0.2) is 61.1 Å². The lowest BCUT2D eigenvalue weighted by Crippen LogP contribution is -2.33. The van der Waals surface area contributed by atoms with Gasteiger partial charge in [-0.3, -0.25) is 4.79 Å². The van der Waals surface area contributed by atoms with Crippen LogP contribution in [0.4, 0.5) is 4.39 Å². The van der Waals surface area contributed by atoms with Gasteiger partial charge in [0.15, 0.2) is 0 Å². The van der Waals surface area contributed by atoms with Crippen LogP contribution in [0.5, 0.6) is 5.88 Å². The van der Waals surface area contributed by atoms with E-state index in [0.717, 1.165) is 16.8 Å². The SMILES string of the molecule is Cc1nn(-c2ncccn2)cc1C(=O)N1CC2[C@@H](C1)[C@@H]2Oc1cc(C(C)C)cc(-c2ccc(F)cc2)n1. The third-order valence-corrected chi connectivity index (χ3v) is 7.18. The van der Waals surface area contributed by atoms with Gasteiger partial charge in [-0.05, 0) is 54.8 Å². The number of hydrogen-bond acceptors (Lipinski definition) is 6. The number of ether oxygens (including phenoxy) is 1. The summed E-state index contributed by atoms with van der Waals surface area (Å²) in [5, 5.41) is 4.43. The summed E-state index contributed by atoms with van der Waals surface area (Å²) in [6.45, 7) is 7.33. The first-order valence-electron chi connectivity index (χ1n) is 12.4. The van der Waals surface area contributed by atoms with E-state index in [1.807, 2.05) is 24.0 Å². The fourth-order valence-corrected chi connectivity index (χ4v) is 4.99. The third kappa shape index (κ3) is 4.45. The first-order chi connectivity index (χ1) is 17.9. The molecule has 1 aromatic carbocycles. The second-order valence-electron chi connectivity index (χ2n) is 10.0. The summed E-state index contributed by atoms with van der Waals surface area (Å²) in [7, 11) is 0. The first-order valence-corrected chi connectivity index (χ1v) is 12.4. The molecule has 0 radical (unpaired) electrons. The highest BCUT2D eigenvalue weighted by molar-refractivity contribution is 5.95. The molecule has 2 fully saturated rings. The number of likely N-dealkylation sites (tertiary alicyclic amines) is 1. The topological polar surface area (TPSA) is 86.0 Å². The van der Waals surface area contributed by atoms with Crippen LogP contribution in [0.1, 0.15) is 41.4 Å². The molecule has 6 rings (SSSR count). The lowest BCUT2D eigenvalue weighted by molar-refractivity contribution is 0.0751. The van der Waals surface area contributed by atoms with Gasteiger partial charge in [0.05, 0.1) is 17.0 Å². The van der Waals surface area contributed by atoms with Gasteiger partial charge in [0.2, 0.25) is 11.8 Å². The van der Waals surface area contributed by atoms with Crippen LogP contribution < -0.4 is 4.74 Å². The summed E-state index contributed by atoms with van der Waals surface area (Å²) in [4.78, 5) is 28.2. The lowest BCUT2D eigenvalue weighted by atomic mass is 10.0. The number of amides is 1. The molecule has 4 aromatic rings. The summed E-state index contributed by atoms with van der Waals surface area (Å²) in [5.74, 6) is 1.53. The normalized spacial score (nSPS) is 20.2. The predicted molar refractivity (Wildman–Crippen MR) is 135 cm³/mol. The number of carbonyl (C=O) groups is 1. The number of aryl methyl sites for hydroxylation is 1. The Kier molecular flexibility index (Phi) is 5.70. The fraction of sp³-hybridized carbons (Fsp3) is 0.321. The zero-order valence-corrected chi connectivity index (χ0v) is 20.9. The molecule has 0 N–H and O–H groups in total. The smallest absolute Gasteiger partial charge is 0.257 e. The van der Waals surface area contributed by atoms with E-state index < -0.39 is 0 Å². The van der Waals surface area contributed by atoms with Gasteiger partial charge in [0.25, 0.3) is 5.91 Å². The molecular weight excluding hydrogens is 471 g/mol. The van der Waals surface area contributed by atoms with Crippen LogP contribution in [-0.2, 0) is 0 Å². The van der Waals surface area contributed by atoms with Gasteiger partial charge in [-0.25, -0.2) is 24.0 Å². The largest absolute Gasteiger partial charge is 0.474 e. The number of carbonyl (C=O) groups excluding carboxylic acids is 1. The van der Waals surface area contributed by atoms with E-state index >= 15 is 0 Å². The molecule has 0 bridgehead atoms. The van der Waals surface area contributed by atoms with Crippen molar-refractivity contribution in [2.75, 3.05) is 13.1 Å². The summed E-state index contributed by atoms with van der Waals surface area (Å²) in [5.41, 5.74) is 3.93. The van der Waals surface area contributed by atoms with Crippen molar-refractivity contribution in [3.8, 4) is 23.1 Å². The molecular formula is C28H27FN6O2. The minimum atomic E-state index is -0.277. The highest BCUT2D eigenvalue weighted by atomic mass is 19.1. The number of halogens is 1. The highest BCUT2D eigenvalue weighted by Crippen LogP contribution is 2.48. The molecule has 37 heavy (non-hydrogen) atoms. The van der Waals surface area contributed by atoms with Crippen molar-refractivity contribution >= 4 is 5.91 Å². The Morgan fingerprint density at radius 3 is 2.46 bits per heavy atom.